The third kappa shape index (κ3) is 4.44. The fourth-order valence-electron chi connectivity index (χ4n) is 4.06. The molecule has 0 aromatic carbocycles. The first-order chi connectivity index (χ1) is 16.6. The summed E-state index contributed by atoms with van der Waals surface area (Å²) in [6, 6.07) is 12.7. The molecule has 0 spiro atoms. The monoisotopic (exact) mass is 455 g/mol. The molecule has 0 radical (unpaired) electrons. The van der Waals surface area contributed by atoms with Gasteiger partial charge in [-0.15, -0.1) is 0 Å². The highest BCUT2D eigenvalue weighted by Gasteiger charge is 2.21. The van der Waals surface area contributed by atoms with Crippen molar-refractivity contribution in [3.63, 3.8) is 0 Å². The van der Waals surface area contributed by atoms with Gasteiger partial charge in [0.05, 0.1) is 34.6 Å². The Kier molecular flexibility index (Phi) is 5.88. The van der Waals surface area contributed by atoms with Gasteiger partial charge in [-0.25, -0.2) is 14.6 Å². The van der Waals surface area contributed by atoms with Crippen molar-refractivity contribution < 1.29 is 4.79 Å². The number of nitrogens with two attached hydrogens (primary N) is 2. The zero-order valence-corrected chi connectivity index (χ0v) is 18.5. The van der Waals surface area contributed by atoms with Crippen LogP contribution in [0.4, 0.5) is 17.1 Å². The van der Waals surface area contributed by atoms with E-state index in [4.69, 9.17) is 11.5 Å². The first kappa shape index (κ1) is 21.5. The number of nitrogen functional groups attached to an aromatic ring is 1. The molecule has 0 saturated carbocycles. The topological polar surface area (TPSA) is 141 Å². The van der Waals surface area contributed by atoms with Crippen LogP contribution in [0, 0.1) is 0 Å². The Morgan fingerprint density at radius 1 is 1.06 bits per heavy atom. The minimum atomic E-state index is -0.418. The maximum absolute atomic E-state index is 13.2. The van der Waals surface area contributed by atoms with Gasteiger partial charge in [-0.2, -0.15) is 5.10 Å². The molecule has 5 heterocycles. The van der Waals surface area contributed by atoms with Gasteiger partial charge in [-0.3, -0.25) is 9.78 Å². The van der Waals surface area contributed by atoms with Crippen molar-refractivity contribution in [3.05, 3.63) is 72.9 Å². The van der Waals surface area contributed by atoms with Crippen molar-refractivity contribution >= 4 is 23.0 Å². The highest BCUT2D eigenvalue weighted by atomic mass is 16.1. The smallest absolute Gasteiger partial charge is 0.276 e. The lowest BCUT2D eigenvalue weighted by Gasteiger charge is -2.33. The van der Waals surface area contributed by atoms with E-state index in [2.05, 4.69) is 30.3 Å². The molecule has 1 fully saturated rings. The van der Waals surface area contributed by atoms with E-state index in [1.165, 1.54) is 0 Å². The molecule has 172 valence electrons. The molecule has 34 heavy (non-hydrogen) atoms. The number of carbonyl (C=O) groups excluding carboxylic acids is 1. The van der Waals surface area contributed by atoms with E-state index in [9.17, 15) is 4.79 Å². The van der Waals surface area contributed by atoms with Crippen LogP contribution in [-0.4, -0.2) is 49.8 Å². The summed E-state index contributed by atoms with van der Waals surface area (Å²) < 4.78 is 1.66. The van der Waals surface area contributed by atoms with Crippen molar-refractivity contribution in [2.45, 2.75) is 18.9 Å². The Hall–Kier alpha value is -4.31. The first-order valence-corrected chi connectivity index (χ1v) is 11.1. The van der Waals surface area contributed by atoms with Crippen LogP contribution >= 0.6 is 0 Å². The SMILES string of the molecule is Nc1ccc(-c2cccc(-n3cccn3)n2)nc1C(=O)Nc1cnccc1N1CCC[C@H](N)C1. The van der Waals surface area contributed by atoms with Crippen LogP contribution in [-0.2, 0) is 0 Å². The van der Waals surface area contributed by atoms with Gasteiger partial charge >= 0.3 is 0 Å². The van der Waals surface area contributed by atoms with E-state index in [1.807, 2.05) is 36.5 Å². The molecule has 4 aromatic heterocycles. The molecule has 4 aromatic rings. The Morgan fingerprint density at radius 3 is 2.76 bits per heavy atom. The van der Waals surface area contributed by atoms with Crippen LogP contribution in [0.25, 0.3) is 17.2 Å². The quantitative estimate of drug-likeness (QED) is 0.417. The fraction of sp³-hybridized carbons (Fsp3) is 0.208. The lowest BCUT2D eigenvalue weighted by Crippen LogP contribution is -2.43. The Labute approximate surface area is 196 Å². The summed E-state index contributed by atoms with van der Waals surface area (Å²) in [5, 5.41) is 7.14. The summed E-state index contributed by atoms with van der Waals surface area (Å²) in [7, 11) is 0. The molecule has 1 aliphatic heterocycles. The Balaban J connectivity index is 1.42. The van der Waals surface area contributed by atoms with Crippen molar-refractivity contribution in [2.75, 3.05) is 29.0 Å². The zero-order valence-electron chi connectivity index (χ0n) is 18.5. The molecule has 0 aliphatic carbocycles. The van der Waals surface area contributed by atoms with E-state index in [0.717, 1.165) is 31.6 Å². The van der Waals surface area contributed by atoms with E-state index in [0.29, 0.717) is 22.9 Å². The Morgan fingerprint density at radius 2 is 1.94 bits per heavy atom. The second kappa shape index (κ2) is 9.28. The first-order valence-electron chi connectivity index (χ1n) is 11.1. The van der Waals surface area contributed by atoms with Gasteiger partial charge in [0.1, 0.15) is 0 Å². The fourth-order valence-corrected chi connectivity index (χ4v) is 4.06. The predicted molar refractivity (Wildman–Crippen MR) is 131 cm³/mol. The molecular formula is C24H25N9O. The summed E-state index contributed by atoms with van der Waals surface area (Å²) in [4.78, 5) is 28.7. The van der Waals surface area contributed by atoms with Crippen LogP contribution in [0.1, 0.15) is 23.3 Å². The normalized spacial score (nSPS) is 15.8. The number of aromatic nitrogens is 5. The van der Waals surface area contributed by atoms with Crippen LogP contribution in [0.15, 0.2) is 67.3 Å². The van der Waals surface area contributed by atoms with E-state index >= 15 is 0 Å². The highest BCUT2D eigenvalue weighted by molar-refractivity contribution is 6.07. The van der Waals surface area contributed by atoms with Crippen molar-refractivity contribution in [2.24, 2.45) is 5.73 Å². The third-order valence-electron chi connectivity index (χ3n) is 5.72. The van der Waals surface area contributed by atoms with Gasteiger partial charge in [0.2, 0.25) is 0 Å². The number of amides is 1. The van der Waals surface area contributed by atoms with Gasteiger partial charge in [0.15, 0.2) is 11.5 Å². The Bertz CT molecular complexity index is 1310. The number of nitrogens with one attached hydrogen (secondary N) is 1. The average molecular weight is 456 g/mol. The summed E-state index contributed by atoms with van der Waals surface area (Å²) in [5.74, 6) is 0.227. The number of rotatable bonds is 5. The minimum absolute atomic E-state index is 0.101. The van der Waals surface area contributed by atoms with Crippen molar-refractivity contribution in [1.82, 2.24) is 24.7 Å². The number of piperidine rings is 1. The van der Waals surface area contributed by atoms with Crippen molar-refractivity contribution in [3.8, 4) is 17.2 Å². The molecule has 5 rings (SSSR count). The number of hydrogen-bond donors (Lipinski definition) is 3. The maximum atomic E-state index is 13.2. The van der Waals surface area contributed by atoms with Crippen LogP contribution in [0.3, 0.4) is 0 Å². The largest absolute Gasteiger partial charge is 0.397 e. The molecule has 0 bridgehead atoms. The third-order valence-corrected chi connectivity index (χ3v) is 5.72. The van der Waals surface area contributed by atoms with E-state index < -0.39 is 5.91 Å². The molecule has 10 nitrogen and oxygen atoms in total. The summed E-state index contributed by atoms with van der Waals surface area (Å²) in [5.41, 5.74) is 15.3. The number of anilines is 3. The minimum Gasteiger partial charge on any atom is -0.397 e. The molecule has 0 unspecified atom stereocenters. The molecule has 1 saturated heterocycles. The maximum Gasteiger partial charge on any atom is 0.276 e. The van der Waals surface area contributed by atoms with Crippen molar-refractivity contribution in [1.29, 1.82) is 0 Å². The standard InChI is InChI=1S/C24H25N9O/c25-16-4-2-12-32(15-16)21-9-11-27-14-20(21)31-24(34)23-17(26)7-8-19(30-23)18-5-1-6-22(29-18)33-13-3-10-28-33/h1,3,5-11,13-14,16H,2,4,12,15,25-26H2,(H,31,34)/t16-/m0/s1. The van der Waals surface area contributed by atoms with Gasteiger partial charge in [-0.05, 0) is 49.2 Å². The molecule has 5 N–H and O–H groups in total. The molecule has 10 heteroatoms. The van der Waals surface area contributed by atoms with Gasteiger partial charge in [0.25, 0.3) is 5.91 Å². The summed E-state index contributed by atoms with van der Waals surface area (Å²) >= 11 is 0. The number of pyridine rings is 3. The van der Waals surface area contributed by atoms with Crippen LogP contribution in [0.5, 0.6) is 0 Å². The highest BCUT2D eigenvalue weighted by Crippen LogP contribution is 2.28. The number of nitrogens with zero attached hydrogens (tertiary/aromatic N) is 6. The molecule has 1 aliphatic rings. The second-order valence-electron chi connectivity index (χ2n) is 8.16. The lowest BCUT2D eigenvalue weighted by atomic mass is 10.1. The second-order valence-corrected chi connectivity index (χ2v) is 8.16. The summed E-state index contributed by atoms with van der Waals surface area (Å²) in [6.07, 6.45) is 8.81. The molecule has 1 atom stereocenters. The molecule has 1 amide bonds. The van der Waals surface area contributed by atoms with E-state index in [-0.39, 0.29) is 17.4 Å². The van der Waals surface area contributed by atoms with Crippen LogP contribution in [0.2, 0.25) is 0 Å². The predicted octanol–water partition coefficient (Wildman–Crippen LogP) is 2.49. The zero-order chi connectivity index (χ0) is 23.5. The average Bonchev–Trinajstić information content (AvgIpc) is 3.40. The number of carbonyl (C=O) groups is 1. The van der Waals surface area contributed by atoms with E-state index in [1.54, 1.807) is 35.4 Å². The van der Waals surface area contributed by atoms with Crippen LogP contribution < -0.4 is 21.7 Å². The van der Waals surface area contributed by atoms with Gasteiger partial charge in [0, 0.05) is 37.7 Å². The van der Waals surface area contributed by atoms with Gasteiger partial charge in [-0.1, -0.05) is 6.07 Å². The summed E-state index contributed by atoms with van der Waals surface area (Å²) in [6.45, 7) is 1.59. The molecular weight excluding hydrogens is 430 g/mol. The van der Waals surface area contributed by atoms with Gasteiger partial charge < -0.3 is 21.7 Å². The lowest BCUT2D eigenvalue weighted by molar-refractivity contribution is 0.102. The number of hydrogen-bond acceptors (Lipinski definition) is 8.